The number of hydrazine groups is 1. The summed E-state index contributed by atoms with van der Waals surface area (Å²) in [6, 6.07) is 10.9. The van der Waals surface area contributed by atoms with Gasteiger partial charge in [0.2, 0.25) is 5.91 Å². The first kappa shape index (κ1) is 19.7. The summed E-state index contributed by atoms with van der Waals surface area (Å²) >= 11 is 11.8. The van der Waals surface area contributed by atoms with Crippen LogP contribution in [0.1, 0.15) is 16.8 Å². The summed E-state index contributed by atoms with van der Waals surface area (Å²) in [5.74, 6) is -1.17. The molecule has 0 unspecified atom stereocenters. The Kier molecular flexibility index (Phi) is 5.81. The Hall–Kier alpha value is -3.10. The zero-order chi connectivity index (χ0) is 20.3. The van der Waals surface area contributed by atoms with Gasteiger partial charge in [0, 0.05) is 18.0 Å². The number of aryl methyl sites for hydroxylation is 1. The van der Waals surface area contributed by atoms with Gasteiger partial charge < -0.3 is 0 Å². The molecule has 3 N–H and O–H groups in total. The molecular weight excluding hydrogens is 407 g/mol. The maximum atomic E-state index is 12.1. The molecule has 3 aromatic rings. The standard InChI is InChI=1S/C18H14Cl2N4O4/c19-10-5-6-13(20)12(9-10)17(27)23-22-15(25)7-8-24-14-4-2-1-3-11(14)16(26)21-18(24)28/h1-6,9H,7-8H2,(H,22,25)(H,23,27)(H,21,26,28). The number of nitrogens with one attached hydrogen (secondary N) is 3. The van der Waals surface area contributed by atoms with Gasteiger partial charge in [-0.3, -0.25) is 34.8 Å². The van der Waals surface area contributed by atoms with E-state index in [2.05, 4.69) is 15.8 Å². The van der Waals surface area contributed by atoms with Gasteiger partial charge in [0.25, 0.3) is 11.5 Å². The van der Waals surface area contributed by atoms with Crippen LogP contribution in [0.25, 0.3) is 10.9 Å². The van der Waals surface area contributed by atoms with Crippen LogP contribution < -0.4 is 22.1 Å². The van der Waals surface area contributed by atoms with Crippen molar-refractivity contribution >= 4 is 45.9 Å². The number of nitrogens with zero attached hydrogens (tertiary/aromatic N) is 1. The van der Waals surface area contributed by atoms with Crippen molar-refractivity contribution in [3.05, 3.63) is 78.9 Å². The van der Waals surface area contributed by atoms with Crippen molar-refractivity contribution in [2.75, 3.05) is 0 Å². The number of fused-ring (bicyclic) bond motifs is 1. The van der Waals surface area contributed by atoms with E-state index in [0.29, 0.717) is 15.9 Å². The van der Waals surface area contributed by atoms with E-state index in [1.165, 1.54) is 22.8 Å². The van der Waals surface area contributed by atoms with Crippen LogP contribution in [0.15, 0.2) is 52.1 Å². The Balaban J connectivity index is 1.66. The lowest BCUT2D eigenvalue weighted by molar-refractivity contribution is -0.122. The van der Waals surface area contributed by atoms with E-state index in [9.17, 15) is 19.2 Å². The normalized spacial score (nSPS) is 10.6. The predicted octanol–water partition coefficient (Wildman–Crippen LogP) is 1.85. The van der Waals surface area contributed by atoms with Crippen molar-refractivity contribution in [3.63, 3.8) is 0 Å². The van der Waals surface area contributed by atoms with Gasteiger partial charge in [-0.1, -0.05) is 35.3 Å². The fraction of sp³-hybridized carbons (Fsp3) is 0.111. The fourth-order valence-corrected chi connectivity index (χ4v) is 2.98. The fourth-order valence-electron chi connectivity index (χ4n) is 2.61. The van der Waals surface area contributed by atoms with Crippen molar-refractivity contribution in [2.45, 2.75) is 13.0 Å². The summed E-state index contributed by atoms with van der Waals surface area (Å²) in [4.78, 5) is 50.3. The summed E-state index contributed by atoms with van der Waals surface area (Å²) in [6.07, 6.45) is -0.112. The molecule has 2 amide bonds. The molecule has 0 atom stereocenters. The lowest BCUT2D eigenvalue weighted by Gasteiger charge is -2.11. The second kappa shape index (κ2) is 8.28. The van der Waals surface area contributed by atoms with Crippen LogP contribution in [0, 0.1) is 0 Å². The number of benzene rings is 2. The molecule has 0 bridgehead atoms. The molecule has 0 saturated heterocycles. The first-order valence-electron chi connectivity index (χ1n) is 8.13. The van der Waals surface area contributed by atoms with Crippen LogP contribution in [0.3, 0.4) is 0 Å². The number of aromatic nitrogens is 2. The average Bonchev–Trinajstić information content (AvgIpc) is 2.67. The molecule has 3 rings (SSSR count). The van der Waals surface area contributed by atoms with Crippen molar-refractivity contribution in [2.24, 2.45) is 0 Å². The van der Waals surface area contributed by atoms with Crippen LogP contribution in [0.5, 0.6) is 0 Å². The molecule has 2 aromatic carbocycles. The monoisotopic (exact) mass is 420 g/mol. The molecule has 0 radical (unpaired) electrons. The summed E-state index contributed by atoms with van der Waals surface area (Å²) in [5, 5.41) is 0.846. The topological polar surface area (TPSA) is 113 Å². The number of halogens is 2. The lowest BCUT2D eigenvalue weighted by Crippen LogP contribution is -2.42. The van der Waals surface area contributed by atoms with Crippen LogP contribution in [-0.4, -0.2) is 21.4 Å². The van der Waals surface area contributed by atoms with E-state index in [-0.39, 0.29) is 23.6 Å². The number of H-pyrrole nitrogens is 1. The third-order valence-corrected chi connectivity index (χ3v) is 4.52. The minimum absolute atomic E-state index is 0.00967. The smallest absolute Gasteiger partial charge is 0.293 e. The molecule has 0 aliphatic rings. The highest BCUT2D eigenvalue weighted by molar-refractivity contribution is 6.35. The molecule has 8 nitrogen and oxygen atoms in total. The zero-order valence-electron chi connectivity index (χ0n) is 14.3. The van der Waals surface area contributed by atoms with E-state index in [4.69, 9.17) is 23.2 Å². The van der Waals surface area contributed by atoms with Gasteiger partial charge in [0.1, 0.15) is 0 Å². The van der Waals surface area contributed by atoms with E-state index < -0.39 is 23.1 Å². The molecule has 28 heavy (non-hydrogen) atoms. The Labute approximate surface area is 168 Å². The summed E-state index contributed by atoms with van der Waals surface area (Å²) < 4.78 is 1.28. The minimum atomic E-state index is -0.632. The second-order valence-corrected chi connectivity index (χ2v) is 6.65. The van der Waals surface area contributed by atoms with E-state index >= 15 is 0 Å². The van der Waals surface area contributed by atoms with Crippen LogP contribution >= 0.6 is 23.2 Å². The highest BCUT2D eigenvalue weighted by Gasteiger charge is 2.13. The van der Waals surface area contributed by atoms with Crippen LogP contribution in [0.4, 0.5) is 0 Å². The number of carbonyl (C=O) groups excluding carboxylic acids is 2. The van der Waals surface area contributed by atoms with Crippen molar-refractivity contribution in [1.82, 2.24) is 20.4 Å². The molecule has 0 aliphatic heterocycles. The molecule has 10 heteroatoms. The van der Waals surface area contributed by atoms with Crippen LogP contribution in [0.2, 0.25) is 10.0 Å². The Morgan fingerprint density at radius 3 is 2.57 bits per heavy atom. The number of hydrogen-bond donors (Lipinski definition) is 3. The first-order chi connectivity index (χ1) is 13.4. The SMILES string of the molecule is O=C(CCn1c(=O)[nH]c(=O)c2ccccc21)NNC(=O)c1cc(Cl)ccc1Cl. The molecule has 0 saturated carbocycles. The van der Waals surface area contributed by atoms with E-state index in [1.807, 2.05) is 0 Å². The number of carbonyl (C=O) groups is 2. The molecule has 0 fully saturated rings. The Bertz CT molecular complexity index is 1190. The van der Waals surface area contributed by atoms with Gasteiger partial charge >= 0.3 is 5.69 Å². The highest BCUT2D eigenvalue weighted by atomic mass is 35.5. The maximum absolute atomic E-state index is 12.1. The van der Waals surface area contributed by atoms with Crippen molar-refractivity contribution in [1.29, 1.82) is 0 Å². The first-order valence-corrected chi connectivity index (χ1v) is 8.88. The molecular formula is C18H14Cl2N4O4. The minimum Gasteiger partial charge on any atom is -0.293 e. The summed E-state index contributed by atoms with van der Waals surface area (Å²) in [5.41, 5.74) is 3.90. The quantitative estimate of drug-likeness (QED) is 0.558. The van der Waals surface area contributed by atoms with Crippen LogP contribution in [-0.2, 0) is 11.3 Å². The molecule has 1 aromatic heterocycles. The Morgan fingerprint density at radius 1 is 1.04 bits per heavy atom. The zero-order valence-corrected chi connectivity index (χ0v) is 15.8. The number of rotatable bonds is 4. The van der Waals surface area contributed by atoms with Gasteiger partial charge in [-0.05, 0) is 30.3 Å². The Morgan fingerprint density at radius 2 is 1.79 bits per heavy atom. The number of para-hydroxylation sites is 1. The maximum Gasteiger partial charge on any atom is 0.328 e. The molecule has 0 spiro atoms. The molecule has 144 valence electrons. The van der Waals surface area contributed by atoms with Gasteiger partial charge in [0.15, 0.2) is 0 Å². The predicted molar refractivity (Wildman–Crippen MR) is 106 cm³/mol. The van der Waals surface area contributed by atoms with Gasteiger partial charge in [-0.2, -0.15) is 0 Å². The molecule has 1 heterocycles. The third-order valence-electron chi connectivity index (χ3n) is 3.96. The third kappa shape index (κ3) is 4.24. The second-order valence-electron chi connectivity index (χ2n) is 5.80. The lowest BCUT2D eigenvalue weighted by atomic mass is 10.2. The largest absolute Gasteiger partial charge is 0.328 e. The van der Waals surface area contributed by atoms with Gasteiger partial charge in [-0.15, -0.1) is 0 Å². The number of amides is 2. The van der Waals surface area contributed by atoms with Gasteiger partial charge in [-0.25, -0.2) is 4.79 Å². The summed E-state index contributed by atoms with van der Waals surface area (Å²) in [6.45, 7) is 0.00967. The van der Waals surface area contributed by atoms with Crippen molar-refractivity contribution in [3.8, 4) is 0 Å². The highest BCUT2D eigenvalue weighted by Crippen LogP contribution is 2.20. The number of hydrogen-bond acceptors (Lipinski definition) is 4. The summed E-state index contributed by atoms with van der Waals surface area (Å²) in [7, 11) is 0. The van der Waals surface area contributed by atoms with Gasteiger partial charge in [0.05, 0.1) is 21.5 Å². The van der Waals surface area contributed by atoms with Crippen molar-refractivity contribution < 1.29 is 9.59 Å². The average molecular weight is 421 g/mol. The molecule has 0 aliphatic carbocycles. The van der Waals surface area contributed by atoms with E-state index in [1.54, 1.807) is 24.3 Å². The van der Waals surface area contributed by atoms with E-state index in [0.717, 1.165) is 0 Å². The number of aromatic amines is 1.